The van der Waals surface area contributed by atoms with Crippen LogP contribution < -0.4 is 4.74 Å². The largest absolute Gasteiger partial charge is 0.482 e. The van der Waals surface area contributed by atoms with Crippen molar-refractivity contribution in [3.8, 4) is 5.75 Å². The van der Waals surface area contributed by atoms with Crippen molar-refractivity contribution in [1.82, 2.24) is 0 Å². The molecule has 0 heterocycles. The fraction of sp³-hybridized carbons (Fsp3) is 0.278. The van der Waals surface area contributed by atoms with E-state index in [1.165, 1.54) is 16.7 Å². The summed E-state index contributed by atoms with van der Waals surface area (Å²) in [4.78, 5) is 10.6. The standard InChI is InChI=1S/C18H19ClO3/c1-3-16-12(2)17(22-11-18(20)21)9-6-14(16)10-13-4-7-15(19)8-5-13/h4-9H,3,10-11H2,1-2H3,(H,20,21). The zero-order chi connectivity index (χ0) is 16.1. The Morgan fingerprint density at radius 2 is 1.86 bits per heavy atom. The second-order valence-electron chi connectivity index (χ2n) is 5.17. The van der Waals surface area contributed by atoms with E-state index in [1.807, 2.05) is 43.3 Å². The normalized spacial score (nSPS) is 10.5. The number of halogens is 1. The van der Waals surface area contributed by atoms with Gasteiger partial charge in [0, 0.05) is 5.02 Å². The molecule has 2 rings (SSSR count). The fourth-order valence-electron chi connectivity index (χ4n) is 2.57. The van der Waals surface area contributed by atoms with Crippen molar-refractivity contribution >= 4 is 17.6 Å². The lowest BCUT2D eigenvalue weighted by molar-refractivity contribution is -0.139. The summed E-state index contributed by atoms with van der Waals surface area (Å²) in [5, 5.41) is 9.46. The summed E-state index contributed by atoms with van der Waals surface area (Å²) in [7, 11) is 0. The highest BCUT2D eigenvalue weighted by Gasteiger charge is 2.11. The predicted octanol–water partition coefficient (Wildman–Crippen LogP) is 4.27. The minimum atomic E-state index is -0.970. The van der Waals surface area contributed by atoms with E-state index in [-0.39, 0.29) is 6.61 Å². The van der Waals surface area contributed by atoms with Crippen LogP contribution in [0, 0.1) is 6.92 Å². The third kappa shape index (κ3) is 4.01. The van der Waals surface area contributed by atoms with E-state index >= 15 is 0 Å². The Bertz CT molecular complexity index is 663. The molecule has 0 radical (unpaired) electrons. The summed E-state index contributed by atoms with van der Waals surface area (Å²) >= 11 is 5.92. The van der Waals surface area contributed by atoms with Gasteiger partial charge in [-0.1, -0.05) is 36.7 Å². The van der Waals surface area contributed by atoms with Crippen LogP contribution in [0.4, 0.5) is 0 Å². The second-order valence-corrected chi connectivity index (χ2v) is 5.60. The van der Waals surface area contributed by atoms with Crippen molar-refractivity contribution in [2.45, 2.75) is 26.7 Å². The number of hydrogen-bond acceptors (Lipinski definition) is 2. The molecule has 0 amide bonds. The van der Waals surface area contributed by atoms with E-state index < -0.39 is 5.97 Å². The van der Waals surface area contributed by atoms with Crippen LogP contribution in [0.3, 0.4) is 0 Å². The topological polar surface area (TPSA) is 46.5 Å². The van der Waals surface area contributed by atoms with Crippen molar-refractivity contribution in [2.24, 2.45) is 0 Å². The molecule has 0 bridgehead atoms. The molecule has 0 aliphatic rings. The van der Waals surface area contributed by atoms with Crippen LogP contribution in [-0.2, 0) is 17.6 Å². The van der Waals surface area contributed by atoms with Gasteiger partial charge in [0.25, 0.3) is 0 Å². The van der Waals surface area contributed by atoms with Gasteiger partial charge >= 0.3 is 5.97 Å². The predicted molar refractivity (Wildman–Crippen MR) is 87.9 cm³/mol. The molecule has 1 N–H and O–H groups in total. The number of carboxylic acids is 1. The molecule has 0 aliphatic carbocycles. The summed E-state index contributed by atoms with van der Waals surface area (Å²) in [5.74, 6) is -0.332. The van der Waals surface area contributed by atoms with E-state index in [2.05, 4.69) is 6.92 Å². The molecule has 3 nitrogen and oxygen atoms in total. The van der Waals surface area contributed by atoms with E-state index in [1.54, 1.807) is 0 Å². The molecule has 0 atom stereocenters. The third-order valence-corrected chi connectivity index (χ3v) is 3.91. The summed E-state index contributed by atoms with van der Waals surface area (Å²) in [6, 6.07) is 11.7. The summed E-state index contributed by atoms with van der Waals surface area (Å²) in [6.07, 6.45) is 1.69. The minimum Gasteiger partial charge on any atom is -0.482 e. The maximum atomic E-state index is 10.6. The summed E-state index contributed by atoms with van der Waals surface area (Å²) < 4.78 is 5.34. The summed E-state index contributed by atoms with van der Waals surface area (Å²) in [5.41, 5.74) is 4.63. The van der Waals surface area contributed by atoms with Gasteiger partial charge < -0.3 is 9.84 Å². The van der Waals surface area contributed by atoms with Gasteiger partial charge in [0.1, 0.15) is 5.75 Å². The van der Waals surface area contributed by atoms with E-state index in [4.69, 9.17) is 21.4 Å². The van der Waals surface area contributed by atoms with E-state index in [0.29, 0.717) is 5.75 Å². The van der Waals surface area contributed by atoms with Crippen molar-refractivity contribution in [3.63, 3.8) is 0 Å². The van der Waals surface area contributed by atoms with Gasteiger partial charge in [-0.15, -0.1) is 0 Å². The number of rotatable bonds is 6. The molecule has 2 aromatic rings. The molecule has 116 valence electrons. The smallest absolute Gasteiger partial charge is 0.341 e. The molecule has 0 saturated carbocycles. The van der Waals surface area contributed by atoms with Crippen LogP contribution in [0.25, 0.3) is 0 Å². The molecule has 0 aliphatic heterocycles. The van der Waals surface area contributed by atoms with Crippen LogP contribution in [0.1, 0.15) is 29.2 Å². The van der Waals surface area contributed by atoms with Crippen molar-refractivity contribution in [1.29, 1.82) is 0 Å². The zero-order valence-corrected chi connectivity index (χ0v) is 13.5. The third-order valence-electron chi connectivity index (χ3n) is 3.66. The number of ether oxygens (including phenoxy) is 1. The first-order chi connectivity index (χ1) is 10.5. The molecular formula is C18H19ClO3. The van der Waals surface area contributed by atoms with Crippen LogP contribution in [0.15, 0.2) is 36.4 Å². The molecule has 0 spiro atoms. The van der Waals surface area contributed by atoms with Gasteiger partial charge in [-0.3, -0.25) is 0 Å². The van der Waals surface area contributed by atoms with Crippen LogP contribution in [0.2, 0.25) is 5.02 Å². The first-order valence-corrected chi connectivity index (χ1v) is 7.59. The fourth-order valence-corrected chi connectivity index (χ4v) is 2.69. The van der Waals surface area contributed by atoms with Gasteiger partial charge in [-0.2, -0.15) is 0 Å². The van der Waals surface area contributed by atoms with Gasteiger partial charge in [0.2, 0.25) is 0 Å². The first kappa shape index (κ1) is 16.4. The molecule has 2 aromatic carbocycles. The van der Waals surface area contributed by atoms with Gasteiger partial charge in [-0.05, 0) is 60.2 Å². The number of carboxylic acid groups (broad SMARTS) is 1. The highest BCUT2D eigenvalue weighted by molar-refractivity contribution is 6.30. The monoisotopic (exact) mass is 318 g/mol. The van der Waals surface area contributed by atoms with Crippen LogP contribution in [-0.4, -0.2) is 17.7 Å². The first-order valence-electron chi connectivity index (χ1n) is 7.21. The van der Waals surface area contributed by atoms with E-state index in [9.17, 15) is 4.79 Å². The maximum Gasteiger partial charge on any atom is 0.341 e. The van der Waals surface area contributed by atoms with Crippen molar-refractivity contribution < 1.29 is 14.6 Å². The van der Waals surface area contributed by atoms with Crippen molar-refractivity contribution in [2.75, 3.05) is 6.61 Å². The average Bonchev–Trinajstić information content (AvgIpc) is 2.49. The number of carbonyl (C=O) groups is 1. The Balaban J connectivity index is 2.26. The van der Waals surface area contributed by atoms with Gasteiger partial charge in [0.15, 0.2) is 6.61 Å². The maximum absolute atomic E-state index is 10.6. The molecular weight excluding hydrogens is 300 g/mol. The van der Waals surface area contributed by atoms with Crippen molar-refractivity contribution in [3.05, 3.63) is 63.7 Å². The Labute approximate surface area is 135 Å². The number of benzene rings is 2. The van der Waals surface area contributed by atoms with Crippen LogP contribution >= 0.6 is 11.6 Å². The highest BCUT2D eigenvalue weighted by atomic mass is 35.5. The molecule has 4 heteroatoms. The lowest BCUT2D eigenvalue weighted by Gasteiger charge is -2.15. The number of aliphatic carboxylic acids is 1. The van der Waals surface area contributed by atoms with E-state index in [0.717, 1.165) is 23.4 Å². The zero-order valence-electron chi connectivity index (χ0n) is 12.7. The lowest BCUT2D eigenvalue weighted by atomic mass is 9.94. The Kier molecular flexibility index (Phi) is 5.45. The summed E-state index contributed by atoms with van der Waals surface area (Å²) in [6.45, 7) is 3.75. The molecule has 0 fully saturated rings. The number of hydrogen-bond donors (Lipinski definition) is 1. The second kappa shape index (κ2) is 7.32. The van der Waals surface area contributed by atoms with Gasteiger partial charge in [-0.25, -0.2) is 4.79 Å². The Hall–Kier alpha value is -2.00. The van der Waals surface area contributed by atoms with Gasteiger partial charge in [0.05, 0.1) is 0 Å². The lowest BCUT2D eigenvalue weighted by Crippen LogP contribution is -2.11. The Morgan fingerprint density at radius 1 is 1.18 bits per heavy atom. The molecule has 0 saturated heterocycles. The quantitative estimate of drug-likeness (QED) is 0.865. The molecule has 22 heavy (non-hydrogen) atoms. The SMILES string of the molecule is CCc1c(Cc2ccc(Cl)cc2)ccc(OCC(=O)O)c1C. The highest BCUT2D eigenvalue weighted by Crippen LogP contribution is 2.27. The minimum absolute atomic E-state index is 0.319. The molecule has 0 unspecified atom stereocenters. The Morgan fingerprint density at radius 3 is 2.45 bits per heavy atom. The average molecular weight is 319 g/mol. The molecule has 0 aromatic heterocycles. The van der Waals surface area contributed by atoms with Crippen LogP contribution in [0.5, 0.6) is 5.75 Å².